The molecule has 0 amide bonds. The van der Waals surface area contributed by atoms with Gasteiger partial charge >= 0.3 is 0 Å². The highest BCUT2D eigenvalue weighted by Gasteiger charge is 2.03. The van der Waals surface area contributed by atoms with Crippen LogP contribution < -0.4 is 5.32 Å². The van der Waals surface area contributed by atoms with Gasteiger partial charge in [-0.3, -0.25) is 0 Å². The van der Waals surface area contributed by atoms with E-state index in [-0.39, 0.29) is 5.56 Å². The van der Waals surface area contributed by atoms with E-state index in [1.807, 2.05) is 6.92 Å². The predicted octanol–water partition coefficient (Wildman–Crippen LogP) is 2.98. The second-order valence-corrected chi connectivity index (χ2v) is 3.18. The van der Waals surface area contributed by atoms with E-state index in [4.69, 9.17) is 0 Å². The molecule has 1 rings (SSSR count). The van der Waals surface area contributed by atoms with Gasteiger partial charge in [0.2, 0.25) is 0 Å². The molecule has 0 aromatic heterocycles. The molecule has 1 aromatic rings. The van der Waals surface area contributed by atoms with Crippen LogP contribution in [0.2, 0.25) is 0 Å². The fourth-order valence-corrected chi connectivity index (χ4v) is 1.23. The second kappa shape index (κ2) is 6.30. The van der Waals surface area contributed by atoms with Crippen molar-refractivity contribution in [3.05, 3.63) is 41.5 Å². The fourth-order valence-electron chi connectivity index (χ4n) is 1.23. The van der Waals surface area contributed by atoms with Crippen molar-refractivity contribution in [2.75, 3.05) is 13.1 Å². The Balaban J connectivity index is 2.56. The van der Waals surface area contributed by atoms with E-state index in [1.165, 1.54) is 24.3 Å². The molecule has 0 saturated carbocycles. The van der Waals surface area contributed by atoms with Gasteiger partial charge in [-0.15, -0.1) is 0 Å². The number of nitrogens with one attached hydrogen (secondary N) is 1. The van der Waals surface area contributed by atoms with Gasteiger partial charge in [-0.2, -0.15) is 0 Å². The number of hydrogen-bond donors (Lipinski definition) is 1. The minimum atomic E-state index is -0.519. The number of hydrogen-bond acceptors (Lipinski definition) is 1. The lowest BCUT2D eigenvalue weighted by atomic mass is 10.1. The third kappa shape index (κ3) is 3.80. The van der Waals surface area contributed by atoms with Crippen LogP contribution in [0, 0.1) is 11.6 Å². The van der Waals surface area contributed by atoms with Crippen LogP contribution in [0.4, 0.5) is 8.78 Å². The number of benzene rings is 1. The number of rotatable bonds is 5. The van der Waals surface area contributed by atoms with Gasteiger partial charge in [-0.05, 0) is 31.6 Å². The quantitative estimate of drug-likeness (QED) is 0.738. The van der Waals surface area contributed by atoms with Gasteiger partial charge in [0.05, 0.1) is 0 Å². The van der Waals surface area contributed by atoms with E-state index in [0.29, 0.717) is 0 Å². The van der Waals surface area contributed by atoms with Gasteiger partial charge in [-0.25, -0.2) is 8.78 Å². The Morgan fingerprint density at radius 1 is 1.27 bits per heavy atom. The third-order valence-electron chi connectivity index (χ3n) is 2.02. The summed E-state index contributed by atoms with van der Waals surface area (Å²) in [6, 6.07) is 3.88. The number of halogens is 2. The largest absolute Gasteiger partial charge is 0.317 e. The Kier molecular flexibility index (Phi) is 4.98. The van der Waals surface area contributed by atoms with Crippen LogP contribution in [-0.2, 0) is 0 Å². The first-order valence-corrected chi connectivity index (χ1v) is 5.07. The van der Waals surface area contributed by atoms with Crippen LogP contribution in [0.15, 0.2) is 24.3 Å². The van der Waals surface area contributed by atoms with Gasteiger partial charge in [0, 0.05) is 5.56 Å². The molecule has 0 saturated heterocycles. The predicted molar refractivity (Wildman–Crippen MR) is 58.6 cm³/mol. The van der Waals surface area contributed by atoms with E-state index < -0.39 is 11.6 Å². The zero-order valence-electron chi connectivity index (χ0n) is 8.76. The van der Waals surface area contributed by atoms with E-state index in [0.717, 1.165) is 19.5 Å². The third-order valence-corrected chi connectivity index (χ3v) is 2.02. The summed E-state index contributed by atoms with van der Waals surface area (Å²) in [7, 11) is 0. The SMILES string of the molecule is CCNCCC=Cc1c(F)cccc1F. The standard InChI is InChI=1S/C12H15F2N/c1-2-15-9-4-3-6-10-11(13)7-5-8-12(10)14/h3,5-8,15H,2,4,9H2,1H3. The average molecular weight is 211 g/mol. The first-order chi connectivity index (χ1) is 7.25. The van der Waals surface area contributed by atoms with Gasteiger partial charge in [0.1, 0.15) is 11.6 Å². The van der Waals surface area contributed by atoms with Crippen LogP contribution in [0.3, 0.4) is 0 Å². The van der Waals surface area contributed by atoms with Crippen LogP contribution >= 0.6 is 0 Å². The first-order valence-electron chi connectivity index (χ1n) is 5.07. The molecule has 0 spiro atoms. The van der Waals surface area contributed by atoms with Crippen molar-refractivity contribution < 1.29 is 8.78 Å². The summed E-state index contributed by atoms with van der Waals surface area (Å²) in [6.45, 7) is 3.74. The highest BCUT2D eigenvalue weighted by Crippen LogP contribution is 2.13. The van der Waals surface area contributed by atoms with Gasteiger partial charge < -0.3 is 5.32 Å². The molecule has 3 heteroatoms. The maximum Gasteiger partial charge on any atom is 0.133 e. The van der Waals surface area contributed by atoms with Gasteiger partial charge in [-0.1, -0.05) is 25.1 Å². The molecule has 82 valence electrons. The minimum absolute atomic E-state index is 0.0361. The topological polar surface area (TPSA) is 12.0 Å². The van der Waals surface area contributed by atoms with Crippen molar-refractivity contribution in [3.63, 3.8) is 0 Å². The Morgan fingerprint density at radius 3 is 2.53 bits per heavy atom. The van der Waals surface area contributed by atoms with E-state index in [1.54, 1.807) is 6.08 Å². The molecule has 0 aliphatic heterocycles. The first kappa shape index (κ1) is 11.9. The fraction of sp³-hybridized carbons (Fsp3) is 0.333. The Bertz CT molecular complexity index is 314. The molecular formula is C12H15F2N. The van der Waals surface area contributed by atoms with Crippen molar-refractivity contribution in [3.8, 4) is 0 Å². The molecular weight excluding hydrogens is 196 g/mol. The summed E-state index contributed by atoms with van der Waals surface area (Å²) in [5.41, 5.74) is 0.0361. The summed E-state index contributed by atoms with van der Waals surface area (Å²) in [5.74, 6) is -1.04. The minimum Gasteiger partial charge on any atom is -0.317 e. The molecule has 1 N–H and O–H groups in total. The molecule has 0 radical (unpaired) electrons. The smallest absolute Gasteiger partial charge is 0.133 e. The molecule has 1 aromatic carbocycles. The molecule has 0 fully saturated rings. The maximum atomic E-state index is 13.1. The molecule has 1 nitrogen and oxygen atoms in total. The maximum absolute atomic E-state index is 13.1. The average Bonchev–Trinajstić information content (AvgIpc) is 2.21. The van der Waals surface area contributed by atoms with Crippen molar-refractivity contribution in [1.82, 2.24) is 5.32 Å². The van der Waals surface area contributed by atoms with Crippen LogP contribution in [-0.4, -0.2) is 13.1 Å². The highest BCUT2D eigenvalue weighted by molar-refractivity contribution is 5.50. The van der Waals surface area contributed by atoms with Gasteiger partial charge in [0.15, 0.2) is 0 Å². The highest BCUT2D eigenvalue weighted by atomic mass is 19.1. The molecule has 0 heterocycles. The van der Waals surface area contributed by atoms with Crippen molar-refractivity contribution >= 4 is 6.08 Å². The summed E-state index contributed by atoms with van der Waals surface area (Å²) in [4.78, 5) is 0. The van der Waals surface area contributed by atoms with Crippen LogP contribution in [0.1, 0.15) is 18.9 Å². The monoisotopic (exact) mass is 211 g/mol. The Morgan fingerprint density at radius 2 is 1.93 bits per heavy atom. The lowest BCUT2D eigenvalue weighted by Crippen LogP contribution is -2.12. The van der Waals surface area contributed by atoms with E-state index >= 15 is 0 Å². The molecule has 0 aliphatic carbocycles. The lowest BCUT2D eigenvalue weighted by molar-refractivity contribution is 0.578. The zero-order chi connectivity index (χ0) is 11.1. The van der Waals surface area contributed by atoms with Crippen LogP contribution in [0.25, 0.3) is 6.08 Å². The van der Waals surface area contributed by atoms with Crippen LogP contribution in [0.5, 0.6) is 0 Å². The molecule has 0 unspecified atom stereocenters. The van der Waals surface area contributed by atoms with Crippen molar-refractivity contribution in [1.29, 1.82) is 0 Å². The molecule has 15 heavy (non-hydrogen) atoms. The zero-order valence-corrected chi connectivity index (χ0v) is 8.76. The molecule has 0 aliphatic rings. The summed E-state index contributed by atoms with van der Waals surface area (Å²) >= 11 is 0. The second-order valence-electron chi connectivity index (χ2n) is 3.18. The van der Waals surface area contributed by atoms with Crippen molar-refractivity contribution in [2.24, 2.45) is 0 Å². The van der Waals surface area contributed by atoms with Crippen molar-refractivity contribution in [2.45, 2.75) is 13.3 Å². The Labute approximate surface area is 88.8 Å². The van der Waals surface area contributed by atoms with E-state index in [2.05, 4.69) is 5.32 Å². The summed E-state index contributed by atoms with van der Waals surface area (Å²) in [5, 5.41) is 3.13. The van der Waals surface area contributed by atoms with E-state index in [9.17, 15) is 8.78 Å². The van der Waals surface area contributed by atoms with Gasteiger partial charge in [0.25, 0.3) is 0 Å². The Hall–Kier alpha value is -1.22. The molecule has 0 bridgehead atoms. The molecule has 0 atom stereocenters. The summed E-state index contributed by atoms with van der Waals surface area (Å²) < 4.78 is 26.2. The normalized spacial score (nSPS) is 11.1. The summed E-state index contributed by atoms with van der Waals surface area (Å²) in [6.07, 6.45) is 4.02. The lowest BCUT2D eigenvalue weighted by Gasteiger charge is -1.99.